The van der Waals surface area contributed by atoms with E-state index < -0.39 is 0 Å². The maximum Gasteiger partial charge on any atom is 0.0446 e. The molecule has 1 rings (SSSR count). The fourth-order valence-electron chi connectivity index (χ4n) is 3.00. The molecule has 102 valence electrons. The van der Waals surface area contributed by atoms with Gasteiger partial charge in [0, 0.05) is 25.2 Å². The van der Waals surface area contributed by atoms with E-state index >= 15 is 0 Å². The van der Waals surface area contributed by atoms with Crippen LogP contribution in [0.5, 0.6) is 0 Å². The van der Waals surface area contributed by atoms with Gasteiger partial charge in [0.25, 0.3) is 0 Å². The lowest BCUT2D eigenvalue weighted by Crippen LogP contribution is -2.45. The number of rotatable bonds is 7. The van der Waals surface area contributed by atoms with E-state index in [9.17, 15) is 0 Å². The molecule has 1 fully saturated rings. The Bertz CT molecular complexity index is 193. The highest BCUT2D eigenvalue weighted by molar-refractivity contribution is 4.80. The van der Waals surface area contributed by atoms with Crippen LogP contribution >= 0.6 is 0 Å². The van der Waals surface area contributed by atoms with Gasteiger partial charge in [-0.2, -0.15) is 0 Å². The van der Waals surface area contributed by atoms with Gasteiger partial charge in [-0.3, -0.25) is 0 Å². The molecule has 1 aliphatic carbocycles. The molecule has 3 nitrogen and oxygen atoms in total. The zero-order valence-corrected chi connectivity index (χ0v) is 11.8. The van der Waals surface area contributed by atoms with Crippen LogP contribution in [0.3, 0.4) is 0 Å². The first-order valence-electron chi connectivity index (χ1n) is 7.21. The Labute approximate surface area is 107 Å². The van der Waals surface area contributed by atoms with Crippen LogP contribution in [-0.4, -0.2) is 48.8 Å². The monoisotopic (exact) mass is 242 g/mol. The Morgan fingerprint density at radius 2 is 2.18 bits per heavy atom. The average molecular weight is 242 g/mol. The van der Waals surface area contributed by atoms with E-state index in [2.05, 4.69) is 31.1 Å². The molecule has 0 aromatic heterocycles. The van der Waals surface area contributed by atoms with Crippen molar-refractivity contribution in [3.63, 3.8) is 0 Å². The average Bonchev–Trinajstić information content (AvgIpc) is 2.29. The van der Waals surface area contributed by atoms with Crippen LogP contribution in [0.15, 0.2) is 0 Å². The van der Waals surface area contributed by atoms with Crippen LogP contribution in [0, 0.1) is 5.92 Å². The third-order valence-corrected chi connectivity index (χ3v) is 4.01. The lowest BCUT2D eigenvalue weighted by molar-refractivity contribution is 0.142. The van der Waals surface area contributed by atoms with Crippen LogP contribution in [0.4, 0.5) is 0 Å². The summed E-state index contributed by atoms with van der Waals surface area (Å²) in [5.74, 6) is 0.881. The molecule has 1 aliphatic rings. The van der Waals surface area contributed by atoms with Crippen molar-refractivity contribution in [1.29, 1.82) is 0 Å². The van der Waals surface area contributed by atoms with Crippen LogP contribution in [0.25, 0.3) is 0 Å². The first-order chi connectivity index (χ1) is 8.17. The minimum Gasteiger partial charge on any atom is -0.396 e. The Hall–Kier alpha value is -0.120. The quantitative estimate of drug-likeness (QED) is 0.715. The summed E-state index contributed by atoms with van der Waals surface area (Å²) >= 11 is 0. The summed E-state index contributed by atoms with van der Waals surface area (Å²) < 4.78 is 0. The minimum atomic E-state index is 0.284. The first kappa shape index (κ1) is 14.9. The highest BCUT2D eigenvalue weighted by atomic mass is 16.3. The van der Waals surface area contributed by atoms with Crippen LogP contribution < -0.4 is 5.32 Å². The Morgan fingerprint density at radius 1 is 1.41 bits per heavy atom. The molecule has 3 unspecified atom stereocenters. The van der Waals surface area contributed by atoms with E-state index in [1.807, 2.05) is 0 Å². The minimum absolute atomic E-state index is 0.284. The maximum atomic E-state index is 9.07. The van der Waals surface area contributed by atoms with Gasteiger partial charge >= 0.3 is 0 Å². The van der Waals surface area contributed by atoms with Gasteiger partial charge < -0.3 is 15.3 Å². The lowest BCUT2D eigenvalue weighted by atomic mass is 9.86. The standard InChI is InChI=1S/C14H30N2O/c1-4-15-13(8-9-17)11-16(3)14-7-5-6-12(2)10-14/h12-15,17H,4-11H2,1-3H3. The second-order valence-corrected chi connectivity index (χ2v) is 5.63. The molecular weight excluding hydrogens is 212 g/mol. The molecule has 17 heavy (non-hydrogen) atoms. The number of nitrogens with one attached hydrogen (secondary N) is 1. The molecule has 0 saturated heterocycles. The summed E-state index contributed by atoms with van der Waals surface area (Å²) in [6.45, 7) is 6.83. The van der Waals surface area contributed by atoms with E-state index in [1.54, 1.807) is 0 Å². The molecule has 0 radical (unpaired) electrons. The van der Waals surface area contributed by atoms with Gasteiger partial charge in [-0.05, 0) is 38.8 Å². The van der Waals surface area contributed by atoms with E-state index in [1.165, 1.54) is 25.7 Å². The van der Waals surface area contributed by atoms with Crippen molar-refractivity contribution in [3.05, 3.63) is 0 Å². The topological polar surface area (TPSA) is 35.5 Å². The third-order valence-electron chi connectivity index (χ3n) is 4.01. The van der Waals surface area contributed by atoms with Crippen molar-refractivity contribution in [2.45, 2.75) is 58.0 Å². The molecule has 0 amide bonds. The highest BCUT2D eigenvalue weighted by Gasteiger charge is 2.23. The predicted octanol–water partition coefficient (Wildman–Crippen LogP) is 1.86. The molecule has 0 spiro atoms. The molecule has 0 aliphatic heterocycles. The molecule has 2 N–H and O–H groups in total. The molecule has 3 heteroatoms. The summed E-state index contributed by atoms with van der Waals surface area (Å²) in [6.07, 6.45) is 6.33. The number of nitrogens with zero attached hydrogens (tertiary/aromatic N) is 1. The predicted molar refractivity (Wildman–Crippen MR) is 73.2 cm³/mol. The van der Waals surface area contributed by atoms with Crippen molar-refractivity contribution in [2.24, 2.45) is 5.92 Å². The summed E-state index contributed by atoms with van der Waals surface area (Å²) in [5.41, 5.74) is 0. The SMILES string of the molecule is CCNC(CCO)CN(C)C1CCCC(C)C1. The molecular formula is C14H30N2O. The number of hydrogen-bond acceptors (Lipinski definition) is 3. The molecule has 1 saturated carbocycles. The number of likely N-dealkylation sites (N-methyl/N-ethyl adjacent to an activating group) is 2. The zero-order chi connectivity index (χ0) is 12.7. The summed E-state index contributed by atoms with van der Waals surface area (Å²) in [7, 11) is 2.24. The van der Waals surface area contributed by atoms with E-state index in [0.717, 1.165) is 31.5 Å². The van der Waals surface area contributed by atoms with Crippen molar-refractivity contribution in [2.75, 3.05) is 26.7 Å². The van der Waals surface area contributed by atoms with Crippen molar-refractivity contribution in [1.82, 2.24) is 10.2 Å². The van der Waals surface area contributed by atoms with Gasteiger partial charge in [0.2, 0.25) is 0 Å². The van der Waals surface area contributed by atoms with Gasteiger partial charge in [-0.1, -0.05) is 26.7 Å². The number of aliphatic hydroxyl groups excluding tert-OH is 1. The summed E-state index contributed by atoms with van der Waals surface area (Å²) in [6, 6.07) is 1.19. The largest absolute Gasteiger partial charge is 0.396 e. The first-order valence-corrected chi connectivity index (χ1v) is 7.21. The molecule has 0 bridgehead atoms. The summed E-state index contributed by atoms with van der Waals surface area (Å²) in [5, 5.41) is 12.5. The van der Waals surface area contributed by atoms with E-state index in [-0.39, 0.29) is 6.61 Å². The fraction of sp³-hybridized carbons (Fsp3) is 1.00. The second-order valence-electron chi connectivity index (χ2n) is 5.63. The lowest BCUT2D eigenvalue weighted by Gasteiger charge is -2.36. The second kappa shape index (κ2) is 8.06. The normalized spacial score (nSPS) is 27.4. The molecule has 3 atom stereocenters. The van der Waals surface area contributed by atoms with Gasteiger partial charge in [-0.25, -0.2) is 0 Å². The smallest absolute Gasteiger partial charge is 0.0446 e. The molecule has 0 aromatic carbocycles. The van der Waals surface area contributed by atoms with Crippen LogP contribution in [0.2, 0.25) is 0 Å². The summed E-state index contributed by atoms with van der Waals surface area (Å²) in [4.78, 5) is 2.50. The van der Waals surface area contributed by atoms with Crippen molar-refractivity contribution < 1.29 is 5.11 Å². The Balaban J connectivity index is 2.36. The van der Waals surface area contributed by atoms with Crippen LogP contribution in [0.1, 0.15) is 46.0 Å². The zero-order valence-electron chi connectivity index (χ0n) is 11.8. The van der Waals surface area contributed by atoms with Gasteiger partial charge in [-0.15, -0.1) is 0 Å². The van der Waals surface area contributed by atoms with Crippen LogP contribution in [-0.2, 0) is 0 Å². The van der Waals surface area contributed by atoms with Gasteiger partial charge in [0.1, 0.15) is 0 Å². The number of aliphatic hydroxyl groups is 1. The van der Waals surface area contributed by atoms with Gasteiger partial charge in [0.15, 0.2) is 0 Å². The molecule has 0 heterocycles. The van der Waals surface area contributed by atoms with Gasteiger partial charge in [0.05, 0.1) is 0 Å². The van der Waals surface area contributed by atoms with E-state index in [4.69, 9.17) is 5.11 Å². The van der Waals surface area contributed by atoms with Crippen molar-refractivity contribution in [3.8, 4) is 0 Å². The highest BCUT2D eigenvalue weighted by Crippen LogP contribution is 2.26. The Morgan fingerprint density at radius 3 is 2.76 bits per heavy atom. The number of hydrogen-bond donors (Lipinski definition) is 2. The third kappa shape index (κ3) is 5.36. The van der Waals surface area contributed by atoms with E-state index in [0.29, 0.717) is 6.04 Å². The fourth-order valence-corrected chi connectivity index (χ4v) is 3.00. The molecule has 0 aromatic rings. The van der Waals surface area contributed by atoms with Crippen molar-refractivity contribution >= 4 is 0 Å². The maximum absolute atomic E-state index is 9.07. The Kier molecular flexibility index (Phi) is 7.09.